The highest BCUT2D eigenvalue weighted by molar-refractivity contribution is 5.95. The van der Waals surface area contributed by atoms with E-state index in [4.69, 9.17) is 5.26 Å². The number of nitrogens with zero attached hydrogens (tertiary/aromatic N) is 2. The van der Waals surface area contributed by atoms with Crippen LogP contribution in [0.5, 0.6) is 0 Å². The lowest BCUT2D eigenvalue weighted by Gasteiger charge is -2.11. The van der Waals surface area contributed by atoms with Crippen LogP contribution >= 0.6 is 0 Å². The predicted molar refractivity (Wildman–Crippen MR) is 54.9 cm³/mol. The van der Waals surface area contributed by atoms with E-state index >= 15 is 0 Å². The number of urea groups is 1. The fourth-order valence-corrected chi connectivity index (χ4v) is 0.871. The average molecular weight is 212 g/mol. The number of carbonyl (C=O) groups is 2. The highest BCUT2D eigenvalue weighted by atomic mass is 16.2. The molecule has 0 heterocycles. The maximum atomic E-state index is 11.2. The quantitative estimate of drug-likeness (QED) is 0.611. The standard InChI is InChI=1S/C9H16N4O2/c1-3-5-11-9(15)12-8(14)7-13(2)6-4-10/h3,5-7H2,1-2H3,(H2,11,12,14,15). The molecule has 0 aromatic carbocycles. The van der Waals surface area contributed by atoms with Gasteiger partial charge in [0.15, 0.2) is 0 Å². The Labute approximate surface area is 89.2 Å². The van der Waals surface area contributed by atoms with E-state index < -0.39 is 11.9 Å². The Morgan fingerprint density at radius 2 is 2.13 bits per heavy atom. The first-order valence-corrected chi connectivity index (χ1v) is 4.73. The third-order valence-corrected chi connectivity index (χ3v) is 1.54. The van der Waals surface area contributed by atoms with Crippen molar-refractivity contribution in [2.24, 2.45) is 0 Å². The first-order chi connectivity index (χ1) is 7.10. The van der Waals surface area contributed by atoms with E-state index in [0.29, 0.717) is 6.54 Å². The third kappa shape index (κ3) is 7.46. The highest BCUT2D eigenvalue weighted by Crippen LogP contribution is 1.80. The number of likely N-dealkylation sites (N-methyl/N-ethyl adjacent to an activating group) is 1. The van der Waals surface area contributed by atoms with Crippen molar-refractivity contribution in [1.29, 1.82) is 5.26 Å². The minimum Gasteiger partial charge on any atom is -0.338 e. The van der Waals surface area contributed by atoms with Gasteiger partial charge in [-0.25, -0.2) is 4.79 Å². The molecule has 84 valence electrons. The zero-order chi connectivity index (χ0) is 11.7. The van der Waals surface area contributed by atoms with E-state index in [9.17, 15) is 9.59 Å². The van der Waals surface area contributed by atoms with Crippen molar-refractivity contribution in [2.75, 3.05) is 26.7 Å². The van der Waals surface area contributed by atoms with Crippen molar-refractivity contribution >= 4 is 11.9 Å². The van der Waals surface area contributed by atoms with E-state index in [-0.39, 0.29) is 13.1 Å². The lowest BCUT2D eigenvalue weighted by atomic mass is 10.5. The Balaban J connectivity index is 3.74. The molecule has 6 heteroatoms. The zero-order valence-corrected chi connectivity index (χ0v) is 9.04. The zero-order valence-electron chi connectivity index (χ0n) is 9.04. The molecule has 2 N–H and O–H groups in total. The second kappa shape index (κ2) is 7.76. The van der Waals surface area contributed by atoms with Crippen molar-refractivity contribution in [1.82, 2.24) is 15.5 Å². The molecular formula is C9H16N4O2. The molecule has 0 fully saturated rings. The highest BCUT2D eigenvalue weighted by Gasteiger charge is 2.08. The van der Waals surface area contributed by atoms with Crippen LogP contribution in [0.25, 0.3) is 0 Å². The van der Waals surface area contributed by atoms with Crippen molar-refractivity contribution in [2.45, 2.75) is 13.3 Å². The maximum Gasteiger partial charge on any atom is 0.321 e. The van der Waals surface area contributed by atoms with E-state index in [1.807, 2.05) is 13.0 Å². The summed E-state index contributed by atoms with van der Waals surface area (Å²) in [5, 5.41) is 13.0. The number of nitriles is 1. The van der Waals surface area contributed by atoms with Crippen LogP contribution in [0.4, 0.5) is 4.79 Å². The van der Waals surface area contributed by atoms with Crippen LogP contribution < -0.4 is 10.6 Å². The molecule has 0 spiro atoms. The molecule has 0 aliphatic carbocycles. The Morgan fingerprint density at radius 1 is 1.47 bits per heavy atom. The second-order valence-corrected chi connectivity index (χ2v) is 3.13. The number of carbonyl (C=O) groups excluding carboxylic acids is 2. The van der Waals surface area contributed by atoms with E-state index in [1.165, 1.54) is 4.90 Å². The molecule has 0 rings (SSSR count). The van der Waals surface area contributed by atoms with Gasteiger partial charge in [0, 0.05) is 6.54 Å². The summed E-state index contributed by atoms with van der Waals surface area (Å²) in [6, 6.07) is 1.41. The number of hydrogen-bond donors (Lipinski definition) is 2. The van der Waals surface area contributed by atoms with Crippen molar-refractivity contribution < 1.29 is 9.59 Å². The van der Waals surface area contributed by atoms with Crippen LogP contribution in [0, 0.1) is 11.3 Å². The molecule has 0 aromatic rings. The van der Waals surface area contributed by atoms with Crippen LogP contribution in [0.15, 0.2) is 0 Å². The Kier molecular flexibility index (Phi) is 6.93. The second-order valence-electron chi connectivity index (χ2n) is 3.13. The van der Waals surface area contributed by atoms with Crippen molar-refractivity contribution in [3.8, 4) is 6.07 Å². The van der Waals surface area contributed by atoms with Crippen LogP contribution in [0.2, 0.25) is 0 Å². The van der Waals surface area contributed by atoms with E-state index in [2.05, 4.69) is 10.6 Å². The van der Waals surface area contributed by atoms with Crippen molar-refractivity contribution in [3.63, 3.8) is 0 Å². The SMILES string of the molecule is CCCNC(=O)NC(=O)CN(C)CC#N. The molecule has 0 atom stereocenters. The number of amides is 3. The minimum atomic E-state index is -0.493. The molecule has 0 saturated carbocycles. The third-order valence-electron chi connectivity index (χ3n) is 1.54. The number of nitrogens with one attached hydrogen (secondary N) is 2. The summed E-state index contributed by atoms with van der Waals surface area (Å²) in [6.45, 7) is 2.65. The summed E-state index contributed by atoms with van der Waals surface area (Å²) in [6.07, 6.45) is 0.815. The van der Waals surface area contributed by atoms with Gasteiger partial charge in [0.25, 0.3) is 0 Å². The van der Waals surface area contributed by atoms with Gasteiger partial charge in [-0.1, -0.05) is 6.92 Å². The lowest BCUT2D eigenvalue weighted by molar-refractivity contribution is -0.120. The number of rotatable bonds is 5. The molecule has 3 amide bonds. The Bertz CT molecular complexity index is 259. The van der Waals surface area contributed by atoms with Gasteiger partial charge >= 0.3 is 6.03 Å². The van der Waals surface area contributed by atoms with Gasteiger partial charge < -0.3 is 5.32 Å². The van der Waals surface area contributed by atoms with Gasteiger partial charge in [0.05, 0.1) is 19.2 Å². The van der Waals surface area contributed by atoms with Crippen LogP contribution in [-0.2, 0) is 4.79 Å². The normalized spacial score (nSPS) is 9.47. The van der Waals surface area contributed by atoms with Gasteiger partial charge in [-0.3, -0.25) is 15.0 Å². The van der Waals surface area contributed by atoms with Gasteiger partial charge in [-0.15, -0.1) is 0 Å². The molecule has 0 aliphatic rings. The van der Waals surface area contributed by atoms with Gasteiger partial charge in [-0.05, 0) is 13.5 Å². The van der Waals surface area contributed by atoms with Gasteiger partial charge in [0.2, 0.25) is 5.91 Å². The van der Waals surface area contributed by atoms with E-state index in [0.717, 1.165) is 6.42 Å². The molecule has 6 nitrogen and oxygen atoms in total. The fraction of sp³-hybridized carbons (Fsp3) is 0.667. The molecule has 0 aliphatic heterocycles. The smallest absolute Gasteiger partial charge is 0.321 e. The first-order valence-electron chi connectivity index (χ1n) is 4.73. The molecule has 0 aromatic heterocycles. The maximum absolute atomic E-state index is 11.2. The largest absolute Gasteiger partial charge is 0.338 e. The summed E-state index contributed by atoms with van der Waals surface area (Å²) in [4.78, 5) is 23.7. The number of imide groups is 1. The summed E-state index contributed by atoms with van der Waals surface area (Å²) in [5.74, 6) is -0.415. The lowest BCUT2D eigenvalue weighted by Crippen LogP contribution is -2.44. The summed E-state index contributed by atoms with van der Waals surface area (Å²) < 4.78 is 0. The Hall–Kier alpha value is -1.61. The molecular weight excluding hydrogens is 196 g/mol. The summed E-state index contributed by atoms with van der Waals surface area (Å²) in [5.41, 5.74) is 0. The predicted octanol–water partition coefficient (Wildman–Crippen LogP) is -0.322. The van der Waals surface area contributed by atoms with Gasteiger partial charge in [0.1, 0.15) is 0 Å². The molecule has 0 bridgehead atoms. The van der Waals surface area contributed by atoms with Crippen molar-refractivity contribution in [3.05, 3.63) is 0 Å². The van der Waals surface area contributed by atoms with Crippen LogP contribution in [0.1, 0.15) is 13.3 Å². The topological polar surface area (TPSA) is 85.2 Å². The molecule has 0 unspecified atom stereocenters. The Morgan fingerprint density at radius 3 is 2.67 bits per heavy atom. The van der Waals surface area contributed by atoms with Gasteiger partial charge in [-0.2, -0.15) is 5.26 Å². The minimum absolute atomic E-state index is 0.0348. The summed E-state index contributed by atoms with van der Waals surface area (Å²) >= 11 is 0. The number of hydrogen-bond acceptors (Lipinski definition) is 4. The molecule has 0 saturated heterocycles. The first kappa shape index (κ1) is 13.4. The molecule has 0 radical (unpaired) electrons. The fourth-order valence-electron chi connectivity index (χ4n) is 0.871. The summed E-state index contributed by atoms with van der Waals surface area (Å²) in [7, 11) is 1.63. The van der Waals surface area contributed by atoms with Crippen LogP contribution in [0.3, 0.4) is 0 Å². The van der Waals surface area contributed by atoms with Crippen LogP contribution in [-0.4, -0.2) is 43.5 Å². The van der Waals surface area contributed by atoms with E-state index in [1.54, 1.807) is 7.05 Å². The average Bonchev–Trinajstić information content (AvgIpc) is 2.14. The molecule has 15 heavy (non-hydrogen) atoms. The monoisotopic (exact) mass is 212 g/mol.